The summed E-state index contributed by atoms with van der Waals surface area (Å²) in [5.74, 6) is -0.466. The number of carbonyl (C=O) groups is 1. The predicted molar refractivity (Wildman–Crippen MR) is 69.6 cm³/mol. The van der Waals surface area contributed by atoms with Gasteiger partial charge in [0.1, 0.15) is 0 Å². The van der Waals surface area contributed by atoms with E-state index in [1.807, 2.05) is 19.1 Å². The molecule has 4 nitrogen and oxygen atoms in total. The molecule has 0 aliphatic rings. The van der Waals surface area contributed by atoms with E-state index in [1.54, 1.807) is 6.07 Å². The van der Waals surface area contributed by atoms with Crippen molar-refractivity contribution in [2.45, 2.75) is 6.92 Å². The highest BCUT2D eigenvalue weighted by Gasteiger charge is 2.04. The van der Waals surface area contributed by atoms with Crippen LogP contribution in [0.3, 0.4) is 0 Å². The first-order chi connectivity index (χ1) is 7.50. The highest BCUT2D eigenvalue weighted by molar-refractivity contribution is 7.80. The summed E-state index contributed by atoms with van der Waals surface area (Å²) in [6.45, 7) is 1.88. The Morgan fingerprint density at radius 3 is 2.88 bits per heavy atom. The van der Waals surface area contributed by atoms with Crippen molar-refractivity contribution < 1.29 is 4.79 Å². The van der Waals surface area contributed by atoms with Gasteiger partial charge >= 0.3 is 0 Å². The van der Waals surface area contributed by atoms with E-state index in [0.717, 1.165) is 11.3 Å². The molecule has 0 saturated carbocycles. The molecule has 0 aliphatic heterocycles. The third-order valence-electron chi connectivity index (χ3n) is 1.94. The Morgan fingerprint density at radius 1 is 1.56 bits per heavy atom. The number of primary amides is 1. The average molecular weight is 258 g/mol. The molecule has 0 atom stereocenters. The number of nitrogens with two attached hydrogens (primary N) is 1. The van der Waals surface area contributed by atoms with Gasteiger partial charge in [0.15, 0.2) is 5.11 Å². The third-order valence-corrected chi connectivity index (χ3v) is 2.59. The van der Waals surface area contributed by atoms with Crippen molar-refractivity contribution in [3.05, 3.63) is 28.8 Å². The van der Waals surface area contributed by atoms with E-state index < -0.39 is 5.91 Å². The number of halogens is 1. The summed E-state index contributed by atoms with van der Waals surface area (Å²) in [4.78, 5) is 10.5. The van der Waals surface area contributed by atoms with Crippen molar-refractivity contribution in [3.8, 4) is 0 Å². The number of benzene rings is 1. The highest BCUT2D eigenvalue weighted by atomic mass is 35.5. The zero-order valence-corrected chi connectivity index (χ0v) is 10.3. The van der Waals surface area contributed by atoms with Crippen LogP contribution in [0, 0.1) is 6.92 Å². The van der Waals surface area contributed by atoms with Gasteiger partial charge < -0.3 is 16.4 Å². The number of amides is 1. The van der Waals surface area contributed by atoms with E-state index in [0.29, 0.717) is 10.1 Å². The molecule has 16 heavy (non-hydrogen) atoms. The number of nitrogens with one attached hydrogen (secondary N) is 2. The van der Waals surface area contributed by atoms with E-state index in [2.05, 4.69) is 10.6 Å². The minimum Gasteiger partial charge on any atom is -0.368 e. The van der Waals surface area contributed by atoms with E-state index >= 15 is 0 Å². The van der Waals surface area contributed by atoms with Gasteiger partial charge in [-0.3, -0.25) is 4.79 Å². The number of hydrogen-bond donors (Lipinski definition) is 3. The summed E-state index contributed by atoms with van der Waals surface area (Å²) < 4.78 is 0. The smallest absolute Gasteiger partial charge is 0.236 e. The van der Waals surface area contributed by atoms with Crippen LogP contribution >= 0.6 is 23.8 Å². The van der Waals surface area contributed by atoms with Crippen molar-refractivity contribution in [1.82, 2.24) is 5.32 Å². The van der Waals surface area contributed by atoms with Crippen LogP contribution in [-0.2, 0) is 4.79 Å². The largest absolute Gasteiger partial charge is 0.368 e. The Bertz CT molecular complexity index is 423. The summed E-state index contributed by atoms with van der Waals surface area (Å²) in [6.07, 6.45) is 0. The van der Waals surface area contributed by atoms with Gasteiger partial charge in [-0.1, -0.05) is 17.7 Å². The van der Waals surface area contributed by atoms with Crippen LogP contribution in [0.5, 0.6) is 0 Å². The number of thiocarbonyl (C=S) groups is 1. The second-order valence-electron chi connectivity index (χ2n) is 3.19. The molecule has 0 aliphatic carbocycles. The molecule has 0 spiro atoms. The fourth-order valence-corrected chi connectivity index (χ4v) is 1.43. The molecule has 1 rings (SSSR count). The van der Waals surface area contributed by atoms with E-state index in [1.165, 1.54) is 0 Å². The van der Waals surface area contributed by atoms with Gasteiger partial charge in [-0.15, -0.1) is 0 Å². The van der Waals surface area contributed by atoms with Crippen LogP contribution in [0.2, 0.25) is 5.02 Å². The van der Waals surface area contributed by atoms with Crippen LogP contribution in [-0.4, -0.2) is 17.6 Å². The zero-order valence-electron chi connectivity index (χ0n) is 8.71. The minimum absolute atomic E-state index is 0.00540. The van der Waals surface area contributed by atoms with Crippen LogP contribution < -0.4 is 16.4 Å². The van der Waals surface area contributed by atoms with Crippen molar-refractivity contribution in [1.29, 1.82) is 0 Å². The molecule has 86 valence electrons. The summed E-state index contributed by atoms with van der Waals surface area (Å²) in [7, 11) is 0. The maximum absolute atomic E-state index is 10.5. The molecule has 0 heterocycles. The molecule has 6 heteroatoms. The molecule has 1 aromatic carbocycles. The zero-order chi connectivity index (χ0) is 12.1. The fourth-order valence-electron chi connectivity index (χ4n) is 1.08. The summed E-state index contributed by atoms with van der Waals surface area (Å²) in [6, 6.07) is 5.45. The van der Waals surface area contributed by atoms with Gasteiger partial charge in [0.05, 0.1) is 6.54 Å². The minimum atomic E-state index is -0.466. The average Bonchev–Trinajstić information content (AvgIpc) is 2.22. The Kier molecular flexibility index (Phi) is 4.52. The number of hydrogen-bond acceptors (Lipinski definition) is 2. The van der Waals surface area contributed by atoms with Crippen molar-refractivity contribution in [3.63, 3.8) is 0 Å². The molecule has 4 N–H and O–H groups in total. The third kappa shape index (κ3) is 3.67. The highest BCUT2D eigenvalue weighted by Crippen LogP contribution is 2.22. The van der Waals surface area contributed by atoms with Gasteiger partial charge in [0.2, 0.25) is 5.91 Å². The number of carbonyl (C=O) groups excluding carboxylic acids is 1. The van der Waals surface area contributed by atoms with E-state index in [4.69, 9.17) is 29.6 Å². The van der Waals surface area contributed by atoms with Gasteiger partial charge in [0, 0.05) is 10.7 Å². The lowest BCUT2D eigenvalue weighted by Crippen LogP contribution is -2.36. The van der Waals surface area contributed by atoms with E-state index in [9.17, 15) is 4.79 Å². The van der Waals surface area contributed by atoms with Crippen molar-refractivity contribution in [2.75, 3.05) is 11.9 Å². The lowest BCUT2D eigenvalue weighted by atomic mass is 10.2. The SMILES string of the molecule is Cc1c(Cl)cccc1NC(=S)NCC(N)=O. The summed E-state index contributed by atoms with van der Waals surface area (Å²) in [5.41, 5.74) is 6.67. The van der Waals surface area contributed by atoms with Crippen molar-refractivity contribution >= 4 is 40.5 Å². The molecule has 0 radical (unpaired) electrons. The molecule has 0 aromatic heterocycles. The Hall–Kier alpha value is -1.33. The number of rotatable bonds is 3. The monoisotopic (exact) mass is 257 g/mol. The van der Waals surface area contributed by atoms with E-state index in [-0.39, 0.29) is 6.54 Å². The van der Waals surface area contributed by atoms with Crippen molar-refractivity contribution in [2.24, 2.45) is 5.73 Å². The number of anilines is 1. The molecule has 0 saturated heterocycles. The Morgan fingerprint density at radius 2 is 2.25 bits per heavy atom. The van der Waals surface area contributed by atoms with Gasteiger partial charge in [-0.05, 0) is 36.8 Å². The summed E-state index contributed by atoms with van der Waals surface area (Å²) in [5, 5.41) is 6.61. The first-order valence-electron chi connectivity index (χ1n) is 4.59. The predicted octanol–water partition coefficient (Wildman–Crippen LogP) is 1.42. The second-order valence-corrected chi connectivity index (χ2v) is 4.00. The van der Waals surface area contributed by atoms with Crippen LogP contribution in [0.15, 0.2) is 18.2 Å². The van der Waals surface area contributed by atoms with Gasteiger partial charge in [-0.2, -0.15) is 0 Å². The first-order valence-corrected chi connectivity index (χ1v) is 5.37. The van der Waals surface area contributed by atoms with Gasteiger partial charge in [-0.25, -0.2) is 0 Å². The Balaban J connectivity index is 2.63. The van der Waals surface area contributed by atoms with Crippen LogP contribution in [0.1, 0.15) is 5.56 Å². The lowest BCUT2D eigenvalue weighted by Gasteiger charge is -2.12. The van der Waals surface area contributed by atoms with Crippen LogP contribution in [0.25, 0.3) is 0 Å². The molecular formula is C10H12ClN3OS. The maximum Gasteiger partial charge on any atom is 0.236 e. The molecule has 0 unspecified atom stereocenters. The summed E-state index contributed by atoms with van der Waals surface area (Å²) >= 11 is 10.9. The fraction of sp³-hybridized carbons (Fsp3) is 0.200. The lowest BCUT2D eigenvalue weighted by molar-refractivity contribution is -0.116. The quantitative estimate of drug-likeness (QED) is 0.717. The topological polar surface area (TPSA) is 67.2 Å². The normalized spacial score (nSPS) is 9.62. The Labute approximate surface area is 104 Å². The molecule has 0 bridgehead atoms. The molecular weight excluding hydrogens is 246 g/mol. The second kappa shape index (κ2) is 5.67. The molecule has 0 fully saturated rings. The standard InChI is InChI=1S/C10H12ClN3OS/c1-6-7(11)3-2-4-8(6)14-10(16)13-5-9(12)15/h2-4H,5H2,1H3,(H2,12,15)(H2,13,14,16). The van der Waals surface area contributed by atoms with Gasteiger partial charge in [0.25, 0.3) is 0 Å². The molecule has 1 amide bonds. The first kappa shape index (κ1) is 12.7. The molecule has 1 aromatic rings. The maximum atomic E-state index is 10.5. The van der Waals surface area contributed by atoms with Crippen LogP contribution in [0.4, 0.5) is 5.69 Å².